The third-order valence-electron chi connectivity index (χ3n) is 6.50. The molecule has 1 fully saturated rings. The van der Waals surface area contributed by atoms with Crippen molar-refractivity contribution in [2.75, 3.05) is 31.1 Å². The molecule has 4 heteroatoms. The van der Waals surface area contributed by atoms with E-state index in [1.807, 2.05) is 0 Å². The number of hydrogen-bond acceptors (Lipinski definition) is 3. The average molecular weight is 479 g/mol. The Labute approximate surface area is 214 Å². The number of para-hydroxylation sites is 1. The molecule has 1 aromatic carbocycles. The highest BCUT2D eigenvalue weighted by molar-refractivity contribution is 6.08. The molecule has 3 heterocycles. The summed E-state index contributed by atoms with van der Waals surface area (Å²) in [6, 6.07) is 10.7. The van der Waals surface area contributed by atoms with Gasteiger partial charge in [0.25, 0.3) is 0 Å². The molecule has 4 nitrogen and oxygen atoms in total. The van der Waals surface area contributed by atoms with E-state index in [1.54, 1.807) is 0 Å². The molecule has 4 rings (SSSR count). The van der Waals surface area contributed by atoms with Gasteiger partial charge in [-0.2, -0.15) is 0 Å². The van der Waals surface area contributed by atoms with Crippen LogP contribution < -0.4 is 10.2 Å². The third kappa shape index (κ3) is 7.46. The molecule has 0 radical (unpaired) electrons. The molecule has 0 bridgehead atoms. The molecule has 0 amide bonds. The maximum Gasteiger partial charge on any atom is 0.138 e. The Hall–Kier alpha value is -2.07. The number of anilines is 1. The average Bonchev–Trinajstić information content (AvgIpc) is 3.05. The Balaban J connectivity index is 0.000000266. The highest BCUT2D eigenvalue weighted by Gasteiger charge is 2.38. The number of nitrogens with one attached hydrogen (secondary N) is 1. The highest BCUT2D eigenvalue weighted by atomic mass is 15.2. The van der Waals surface area contributed by atoms with Gasteiger partial charge >= 0.3 is 0 Å². The van der Waals surface area contributed by atoms with Crippen LogP contribution in [0.5, 0.6) is 0 Å². The van der Waals surface area contributed by atoms with Crippen LogP contribution >= 0.6 is 0 Å². The number of benzene rings is 1. The minimum atomic E-state index is 0.302. The van der Waals surface area contributed by atoms with Crippen molar-refractivity contribution in [1.82, 2.24) is 14.9 Å². The minimum absolute atomic E-state index is 0.302. The Bertz CT molecular complexity index is 1110. The molecule has 0 unspecified atom stereocenters. The Morgan fingerprint density at radius 1 is 0.829 bits per heavy atom. The number of rotatable bonds is 3. The van der Waals surface area contributed by atoms with Crippen LogP contribution in [-0.4, -0.2) is 35.7 Å². The normalized spacial score (nSPS) is 18.0. The summed E-state index contributed by atoms with van der Waals surface area (Å²) < 4.78 is 2.23. The summed E-state index contributed by atoms with van der Waals surface area (Å²) in [6.07, 6.45) is 3.41. The van der Waals surface area contributed by atoms with E-state index in [4.69, 9.17) is 4.98 Å². The Morgan fingerprint density at radius 3 is 1.91 bits per heavy atom. The molecule has 1 N–H and O–H groups in total. The maximum absolute atomic E-state index is 5.08. The Kier molecular flexibility index (Phi) is 7.68. The van der Waals surface area contributed by atoms with Crippen LogP contribution in [-0.2, 0) is 7.05 Å². The zero-order valence-electron chi connectivity index (χ0n) is 24.3. The largest absolute Gasteiger partial charge is 0.355 e. The van der Waals surface area contributed by atoms with Crippen LogP contribution in [0.25, 0.3) is 21.8 Å². The molecule has 1 saturated heterocycles. The van der Waals surface area contributed by atoms with Crippen molar-refractivity contribution in [2.24, 2.45) is 28.7 Å². The zero-order chi connectivity index (χ0) is 26.2. The van der Waals surface area contributed by atoms with Crippen molar-refractivity contribution < 1.29 is 0 Å². The van der Waals surface area contributed by atoms with Gasteiger partial charge in [0.2, 0.25) is 0 Å². The van der Waals surface area contributed by atoms with E-state index >= 15 is 0 Å². The van der Waals surface area contributed by atoms with Gasteiger partial charge in [-0.1, -0.05) is 87.4 Å². The predicted molar refractivity (Wildman–Crippen MR) is 154 cm³/mol. The second kappa shape index (κ2) is 9.76. The summed E-state index contributed by atoms with van der Waals surface area (Å²) in [4.78, 5) is 7.60. The summed E-state index contributed by atoms with van der Waals surface area (Å²) in [6.45, 7) is 27.4. The lowest BCUT2D eigenvalue weighted by atomic mass is 9.71. The SMILES string of the molecule is CC(C)(C)CNCC(C)(C)C.Cn1ccc2c(N3CC(C)(C)CC(C)(C)C3)nc3ccccc3c21. The number of nitrogens with zero attached hydrogens (tertiary/aromatic N) is 3. The second-order valence-electron chi connectivity index (χ2n) is 14.7. The zero-order valence-corrected chi connectivity index (χ0v) is 24.3. The van der Waals surface area contributed by atoms with Gasteiger partial charge in [0.05, 0.1) is 11.0 Å². The minimum Gasteiger partial charge on any atom is -0.355 e. The van der Waals surface area contributed by atoms with Crippen molar-refractivity contribution in [3.8, 4) is 0 Å². The van der Waals surface area contributed by atoms with Gasteiger partial charge in [0.15, 0.2) is 0 Å². The smallest absolute Gasteiger partial charge is 0.138 e. The van der Waals surface area contributed by atoms with Crippen LogP contribution in [0.4, 0.5) is 5.82 Å². The number of piperidine rings is 1. The fourth-order valence-corrected chi connectivity index (χ4v) is 5.69. The molecule has 0 spiro atoms. The first-order valence-corrected chi connectivity index (χ1v) is 13.3. The standard InChI is InChI=1S/C21H27N3.C10H23N/c1-20(2)12-21(3,4)14-24(13-20)19-16-10-11-23(5)18(16)15-8-6-7-9-17(15)22-19;1-9(2,3)7-11-8-10(4,5)6/h6-11H,12-14H2,1-5H3;11H,7-8H2,1-6H3. The first-order chi connectivity index (χ1) is 16.0. The van der Waals surface area contributed by atoms with Crippen molar-refractivity contribution in [1.29, 1.82) is 0 Å². The van der Waals surface area contributed by atoms with Gasteiger partial charge in [-0.15, -0.1) is 0 Å². The van der Waals surface area contributed by atoms with Crippen molar-refractivity contribution in [3.05, 3.63) is 36.5 Å². The lowest BCUT2D eigenvalue weighted by Crippen LogP contribution is -2.49. The van der Waals surface area contributed by atoms with Gasteiger partial charge in [-0.25, -0.2) is 4.98 Å². The van der Waals surface area contributed by atoms with Gasteiger partial charge < -0.3 is 14.8 Å². The summed E-state index contributed by atoms with van der Waals surface area (Å²) in [5, 5.41) is 5.97. The summed E-state index contributed by atoms with van der Waals surface area (Å²) in [7, 11) is 2.13. The molecule has 1 aliphatic heterocycles. The van der Waals surface area contributed by atoms with E-state index in [0.717, 1.165) is 37.5 Å². The second-order valence-corrected chi connectivity index (χ2v) is 14.7. The van der Waals surface area contributed by atoms with Gasteiger partial charge in [0.1, 0.15) is 5.82 Å². The first kappa shape index (κ1) is 27.5. The van der Waals surface area contributed by atoms with E-state index < -0.39 is 0 Å². The fourth-order valence-electron chi connectivity index (χ4n) is 5.69. The van der Waals surface area contributed by atoms with E-state index in [1.165, 1.54) is 22.7 Å². The van der Waals surface area contributed by atoms with E-state index in [0.29, 0.717) is 21.7 Å². The highest BCUT2D eigenvalue weighted by Crippen LogP contribution is 2.43. The van der Waals surface area contributed by atoms with Gasteiger partial charge in [0, 0.05) is 50.2 Å². The molecule has 1 aliphatic rings. The molecule has 2 aromatic heterocycles. The molecular weight excluding hydrogens is 428 g/mol. The van der Waals surface area contributed by atoms with Crippen molar-refractivity contribution in [3.63, 3.8) is 0 Å². The van der Waals surface area contributed by atoms with Crippen LogP contribution in [0.15, 0.2) is 36.5 Å². The fraction of sp³-hybridized carbons (Fsp3) is 0.645. The number of pyridine rings is 1. The number of hydrogen-bond donors (Lipinski definition) is 1. The lowest BCUT2D eigenvalue weighted by Gasteiger charge is -2.47. The number of aryl methyl sites for hydroxylation is 1. The molecular formula is C31H50N4. The quantitative estimate of drug-likeness (QED) is 0.419. The van der Waals surface area contributed by atoms with E-state index in [-0.39, 0.29) is 0 Å². The monoisotopic (exact) mass is 478 g/mol. The van der Waals surface area contributed by atoms with Gasteiger partial charge in [-0.05, 0) is 40.2 Å². The van der Waals surface area contributed by atoms with Crippen LogP contribution in [0.3, 0.4) is 0 Å². The summed E-state index contributed by atoms with van der Waals surface area (Å²) in [5.41, 5.74) is 3.79. The lowest BCUT2D eigenvalue weighted by molar-refractivity contribution is 0.159. The summed E-state index contributed by atoms with van der Waals surface area (Å²) >= 11 is 0. The molecule has 35 heavy (non-hydrogen) atoms. The van der Waals surface area contributed by atoms with Crippen LogP contribution in [0.2, 0.25) is 0 Å². The molecule has 0 aliphatic carbocycles. The van der Waals surface area contributed by atoms with Gasteiger partial charge in [-0.3, -0.25) is 0 Å². The number of aromatic nitrogens is 2. The van der Waals surface area contributed by atoms with Crippen molar-refractivity contribution >= 4 is 27.6 Å². The predicted octanol–water partition coefficient (Wildman–Crippen LogP) is 7.66. The Morgan fingerprint density at radius 2 is 1.37 bits per heavy atom. The van der Waals surface area contributed by atoms with E-state index in [2.05, 4.69) is 128 Å². The molecule has 0 saturated carbocycles. The van der Waals surface area contributed by atoms with Crippen LogP contribution in [0, 0.1) is 21.7 Å². The molecule has 3 aromatic rings. The molecule has 0 atom stereocenters. The number of fused-ring (bicyclic) bond motifs is 3. The first-order valence-electron chi connectivity index (χ1n) is 13.3. The third-order valence-corrected chi connectivity index (χ3v) is 6.50. The van der Waals surface area contributed by atoms with Crippen molar-refractivity contribution in [2.45, 2.75) is 75.7 Å². The van der Waals surface area contributed by atoms with Crippen LogP contribution in [0.1, 0.15) is 75.7 Å². The molecule has 194 valence electrons. The van der Waals surface area contributed by atoms with E-state index in [9.17, 15) is 0 Å². The summed E-state index contributed by atoms with van der Waals surface area (Å²) in [5.74, 6) is 1.14. The maximum atomic E-state index is 5.08. The topological polar surface area (TPSA) is 33.1 Å².